The minimum Gasteiger partial charge on any atom is -0.396 e. The van der Waals surface area contributed by atoms with Crippen molar-refractivity contribution in [2.75, 3.05) is 6.61 Å². The van der Waals surface area contributed by atoms with Crippen LogP contribution in [0.15, 0.2) is 0 Å². The summed E-state index contributed by atoms with van der Waals surface area (Å²) in [6, 6.07) is 0. The minimum absolute atomic E-state index is 0.366. The van der Waals surface area contributed by atoms with Crippen LogP contribution in [0, 0.1) is 5.92 Å². The van der Waals surface area contributed by atoms with Gasteiger partial charge in [0, 0.05) is 6.61 Å². The van der Waals surface area contributed by atoms with Crippen LogP contribution in [-0.2, 0) is 0 Å². The number of unbranched alkanes of at least 4 members (excludes halogenated alkanes) is 4. The van der Waals surface area contributed by atoms with E-state index in [0.717, 1.165) is 12.3 Å². The maximum Gasteiger partial charge on any atom is 0.0431 e. The van der Waals surface area contributed by atoms with Crippen LogP contribution in [0.3, 0.4) is 0 Å². The fourth-order valence-corrected chi connectivity index (χ4v) is 1.34. The van der Waals surface area contributed by atoms with E-state index in [0.29, 0.717) is 6.61 Å². The highest BCUT2D eigenvalue weighted by molar-refractivity contribution is 4.51. The SMILES string of the molecule is CC[C@H](C)CCCCCCCO. The fraction of sp³-hybridized carbons (Fsp3) is 1.00. The molecule has 0 radical (unpaired) electrons. The Kier molecular flexibility index (Phi) is 9.02. The Morgan fingerprint density at radius 2 is 1.58 bits per heavy atom. The maximum absolute atomic E-state index is 8.55. The number of hydrogen-bond donors (Lipinski definition) is 1. The number of rotatable bonds is 8. The van der Waals surface area contributed by atoms with Crippen LogP contribution in [0.4, 0.5) is 0 Å². The Bertz CT molecular complexity index is 81.1. The summed E-state index contributed by atoms with van der Waals surface area (Å²) in [6.07, 6.45) is 8.92. The van der Waals surface area contributed by atoms with Gasteiger partial charge in [-0.3, -0.25) is 0 Å². The second kappa shape index (κ2) is 9.05. The van der Waals surface area contributed by atoms with Crippen molar-refractivity contribution in [1.29, 1.82) is 0 Å². The zero-order valence-corrected chi connectivity index (χ0v) is 8.68. The molecular formula is C11H24O. The molecule has 0 amide bonds. The molecule has 0 bridgehead atoms. The second-order valence-electron chi connectivity index (χ2n) is 3.79. The van der Waals surface area contributed by atoms with E-state index in [4.69, 9.17) is 5.11 Å². The molecule has 0 aliphatic rings. The lowest BCUT2D eigenvalue weighted by Crippen LogP contribution is -1.91. The third kappa shape index (κ3) is 8.06. The Morgan fingerprint density at radius 1 is 1.00 bits per heavy atom. The first kappa shape index (κ1) is 12.0. The molecule has 0 fully saturated rings. The Morgan fingerprint density at radius 3 is 2.17 bits per heavy atom. The molecule has 0 unspecified atom stereocenters. The Labute approximate surface area is 77.2 Å². The summed E-state index contributed by atoms with van der Waals surface area (Å²) in [6.45, 7) is 4.95. The van der Waals surface area contributed by atoms with Crippen molar-refractivity contribution in [3.05, 3.63) is 0 Å². The molecule has 0 aliphatic heterocycles. The molecule has 0 rings (SSSR count). The van der Waals surface area contributed by atoms with E-state index in [1.54, 1.807) is 0 Å². The summed E-state index contributed by atoms with van der Waals surface area (Å²) < 4.78 is 0. The molecule has 0 aromatic heterocycles. The lowest BCUT2D eigenvalue weighted by atomic mass is 10.0. The summed E-state index contributed by atoms with van der Waals surface area (Å²) >= 11 is 0. The van der Waals surface area contributed by atoms with Crippen LogP contribution < -0.4 is 0 Å². The Hall–Kier alpha value is -0.0400. The topological polar surface area (TPSA) is 20.2 Å². The van der Waals surface area contributed by atoms with Gasteiger partial charge >= 0.3 is 0 Å². The smallest absolute Gasteiger partial charge is 0.0431 e. The Balaban J connectivity index is 2.90. The fourth-order valence-electron chi connectivity index (χ4n) is 1.34. The average Bonchev–Trinajstić information content (AvgIpc) is 2.10. The van der Waals surface area contributed by atoms with Gasteiger partial charge in [0.25, 0.3) is 0 Å². The van der Waals surface area contributed by atoms with Crippen LogP contribution >= 0.6 is 0 Å². The molecule has 0 heterocycles. The molecule has 1 nitrogen and oxygen atoms in total. The van der Waals surface area contributed by atoms with E-state index in [1.165, 1.54) is 38.5 Å². The van der Waals surface area contributed by atoms with E-state index < -0.39 is 0 Å². The van der Waals surface area contributed by atoms with Gasteiger partial charge in [-0.2, -0.15) is 0 Å². The van der Waals surface area contributed by atoms with Crippen LogP contribution in [0.2, 0.25) is 0 Å². The van der Waals surface area contributed by atoms with Crippen molar-refractivity contribution in [1.82, 2.24) is 0 Å². The molecule has 1 atom stereocenters. The first-order chi connectivity index (χ1) is 5.81. The lowest BCUT2D eigenvalue weighted by molar-refractivity contribution is 0.282. The zero-order chi connectivity index (χ0) is 9.23. The second-order valence-corrected chi connectivity index (χ2v) is 3.79. The standard InChI is InChI=1S/C11H24O/c1-3-11(2)9-7-5-4-6-8-10-12/h11-12H,3-10H2,1-2H3/t11-/m0/s1. The summed E-state index contributed by atoms with van der Waals surface area (Å²) in [7, 11) is 0. The lowest BCUT2D eigenvalue weighted by Gasteiger charge is -2.06. The quantitative estimate of drug-likeness (QED) is 0.557. The molecule has 0 saturated heterocycles. The summed E-state index contributed by atoms with van der Waals surface area (Å²) in [5.74, 6) is 0.905. The summed E-state index contributed by atoms with van der Waals surface area (Å²) in [5.41, 5.74) is 0. The van der Waals surface area contributed by atoms with Crippen LogP contribution in [0.1, 0.15) is 58.8 Å². The molecule has 1 N–H and O–H groups in total. The van der Waals surface area contributed by atoms with Gasteiger partial charge in [-0.15, -0.1) is 0 Å². The normalized spacial score (nSPS) is 13.2. The molecule has 74 valence electrons. The maximum atomic E-state index is 8.55. The highest BCUT2D eigenvalue weighted by Crippen LogP contribution is 2.13. The largest absolute Gasteiger partial charge is 0.396 e. The van der Waals surface area contributed by atoms with Crippen molar-refractivity contribution < 1.29 is 5.11 Å². The molecule has 12 heavy (non-hydrogen) atoms. The third-order valence-electron chi connectivity index (χ3n) is 2.55. The average molecular weight is 172 g/mol. The molecule has 0 aromatic carbocycles. The molecule has 1 heteroatoms. The predicted molar refractivity (Wildman–Crippen MR) is 54.2 cm³/mol. The van der Waals surface area contributed by atoms with E-state index in [1.807, 2.05) is 0 Å². The molecule has 0 aliphatic carbocycles. The van der Waals surface area contributed by atoms with Gasteiger partial charge in [-0.1, -0.05) is 52.4 Å². The molecule has 0 saturated carbocycles. The van der Waals surface area contributed by atoms with Crippen molar-refractivity contribution in [2.45, 2.75) is 58.8 Å². The first-order valence-corrected chi connectivity index (χ1v) is 5.42. The third-order valence-corrected chi connectivity index (χ3v) is 2.55. The van der Waals surface area contributed by atoms with E-state index in [9.17, 15) is 0 Å². The van der Waals surface area contributed by atoms with Crippen molar-refractivity contribution >= 4 is 0 Å². The van der Waals surface area contributed by atoms with Gasteiger partial charge in [0.2, 0.25) is 0 Å². The molecule has 0 aromatic rings. The van der Waals surface area contributed by atoms with E-state index in [2.05, 4.69) is 13.8 Å². The van der Waals surface area contributed by atoms with Crippen molar-refractivity contribution in [2.24, 2.45) is 5.92 Å². The number of hydrogen-bond acceptors (Lipinski definition) is 1. The number of aliphatic hydroxyl groups excluding tert-OH is 1. The summed E-state index contributed by atoms with van der Waals surface area (Å²) in [5, 5.41) is 8.55. The van der Waals surface area contributed by atoms with Gasteiger partial charge in [0.15, 0.2) is 0 Å². The molecule has 0 spiro atoms. The van der Waals surface area contributed by atoms with Crippen LogP contribution in [0.25, 0.3) is 0 Å². The summed E-state index contributed by atoms with van der Waals surface area (Å²) in [4.78, 5) is 0. The zero-order valence-electron chi connectivity index (χ0n) is 8.68. The van der Waals surface area contributed by atoms with Crippen LogP contribution in [-0.4, -0.2) is 11.7 Å². The van der Waals surface area contributed by atoms with Crippen molar-refractivity contribution in [3.8, 4) is 0 Å². The van der Waals surface area contributed by atoms with Gasteiger partial charge in [-0.25, -0.2) is 0 Å². The highest BCUT2D eigenvalue weighted by atomic mass is 16.2. The van der Waals surface area contributed by atoms with E-state index >= 15 is 0 Å². The van der Waals surface area contributed by atoms with Gasteiger partial charge in [-0.05, 0) is 12.3 Å². The predicted octanol–water partition coefficient (Wildman–Crippen LogP) is 3.37. The van der Waals surface area contributed by atoms with Gasteiger partial charge in [0.05, 0.1) is 0 Å². The minimum atomic E-state index is 0.366. The molecular weight excluding hydrogens is 148 g/mol. The highest BCUT2D eigenvalue weighted by Gasteiger charge is 1.97. The first-order valence-electron chi connectivity index (χ1n) is 5.42. The van der Waals surface area contributed by atoms with E-state index in [-0.39, 0.29) is 0 Å². The van der Waals surface area contributed by atoms with Crippen LogP contribution in [0.5, 0.6) is 0 Å². The van der Waals surface area contributed by atoms with Crippen molar-refractivity contribution in [3.63, 3.8) is 0 Å². The number of aliphatic hydroxyl groups is 1. The van der Waals surface area contributed by atoms with Gasteiger partial charge < -0.3 is 5.11 Å². The van der Waals surface area contributed by atoms with Gasteiger partial charge in [0.1, 0.15) is 0 Å². The monoisotopic (exact) mass is 172 g/mol.